The summed E-state index contributed by atoms with van der Waals surface area (Å²) < 4.78 is 5.27. The van der Waals surface area contributed by atoms with Crippen LogP contribution in [0.5, 0.6) is 0 Å². The van der Waals surface area contributed by atoms with E-state index < -0.39 is 0 Å². The minimum Gasteiger partial charge on any atom is -0.478 e. The van der Waals surface area contributed by atoms with Gasteiger partial charge in [-0.15, -0.1) is 0 Å². The van der Waals surface area contributed by atoms with E-state index in [0.29, 0.717) is 6.61 Å². The van der Waals surface area contributed by atoms with Crippen LogP contribution < -0.4 is 0 Å². The monoisotopic (exact) mass is 192 g/mol. The molecule has 0 saturated carbocycles. The Labute approximate surface area is 84.6 Å². The van der Waals surface area contributed by atoms with Gasteiger partial charge in [0.25, 0.3) is 0 Å². The quantitative estimate of drug-likeness (QED) is 0.443. The number of aromatic nitrogens is 1. The maximum atomic E-state index is 7.60. The molecule has 0 atom stereocenters. The normalized spacial score (nSPS) is 9.79. The van der Waals surface area contributed by atoms with Crippen LogP contribution in [0.2, 0.25) is 0 Å². The van der Waals surface area contributed by atoms with Gasteiger partial charge in [-0.25, -0.2) is 0 Å². The lowest BCUT2D eigenvalue weighted by molar-refractivity contribution is 0.292. The lowest BCUT2D eigenvalue weighted by Crippen LogP contribution is -2.06. The van der Waals surface area contributed by atoms with E-state index in [2.05, 4.69) is 11.9 Å². The van der Waals surface area contributed by atoms with Gasteiger partial charge in [-0.2, -0.15) is 0 Å². The minimum atomic E-state index is 0.217. The Kier molecular flexibility index (Phi) is 4.69. The molecule has 14 heavy (non-hydrogen) atoms. The van der Waals surface area contributed by atoms with Crippen molar-refractivity contribution >= 4 is 5.90 Å². The van der Waals surface area contributed by atoms with Gasteiger partial charge in [-0.3, -0.25) is 10.4 Å². The summed E-state index contributed by atoms with van der Waals surface area (Å²) in [6.07, 6.45) is 6.67. The molecule has 0 aliphatic rings. The van der Waals surface area contributed by atoms with E-state index >= 15 is 0 Å². The third-order valence-corrected chi connectivity index (χ3v) is 1.92. The van der Waals surface area contributed by atoms with Crippen molar-refractivity contribution in [2.75, 3.05) is 6.61 Å². The van der Waals surface area contributed by atoms with Gasteiger partial charge in [0.1, 0.15) is 0 Å². The predicted molar refractivity (Wildman–Crippen MR) is 56.5 cm³/mol. The second-order valence-electron chi connectivity index (χ2n) is 3.13. The highest BCUT2D eigenvalue weighted by Gasteiger charge is 2.00. The summed E-state index contributed by atoms with van der Waals surface area (Å²) in [5, 5.41) is 7.60. The standard InChI is InChI=1S/C11H16N2O/c1-2-3-4-8-14-11(12)10-6-5-7-13-9-10/h5-7,9,12H,2-4,8H2,1H3. The van der Waals surface area contributed by atoms with Crippen LogP contribution in [0.25, 0.3) is 0 Å². The van der Waals surface area contributed by atoms with E-state index in [4.69, 9.17) is 10.1 Å². The fourth-order valence-corrected chi connectivity index (χ4v) is 1.11. The molecule has 1 N–H and O–H groups in total. The lowest BCUT2D eigenvalue weighted by Gasteiger charge is -2.05. The highest BCUT2D eigenvalue weighted by molar-refractivity contribution is 5.91. The SMILES string of the molecule is CCCCCOC(=N)c1cccnc1. The van der Waals surface area contributed by atoms with Crippen LogP contribution in [0.15, 0.2) is 24.5 Å². The van der Waals surface area contributed by atoms with Gasteiger partial charge in [-0.05, 0) is 18.6 Å². The lowest BCUT2D eigenvalue weighted by atomic mass is 10.2. The molecule has 1 rings (SSSR count). The number of nitrogens with zero attached hydrogens (tertiary/aromatic N) is 1. The van der Waals surface area contributed by atoms with Crippen molar-refractivity contribution in [2.45, 2.75) is 26.2 Å². The van der Waals surface area contributed by atoms with Crippen LogP contribution >= 0.6 is 0 Å². The Hall–Kier alpha value is -1.38. The van der Waals surface area contributed by atoms with Gasteiger partial charge in [-0.1, -0.05) is 19.8 Å². The van der Waals surface area contributed by atoms with Crippen LogP contribution in [-0.2, 0) is 4.74 Å². The van der Waals surface area contributed by atoms with E-state index in [0.717, 1.165) is 18.4 Å². The van der Waals surface area contributed by atoms with E-state index in [1.165, 1.54) is 6.42 Å². The molecule has 0 aromatic carbocycles. The first-order valence-electron chi connectivity index (χ1n) is 4.96. The smallest absolute Gasteiger partial charge is 0.214 e. The first-order valence-corrected chi connectivity index (χ1v) is 4.96. The van der Waals surface area contributed by atoms with Crippen molar-refractivity contribution in [3.05, 3.63) is 30.1 Å². The van der Waals surface area contributed by atoms with Gasteiger partial charge in [0.05, 0.1) is 12.2 Å². The molecule has 0 unspecified atom stereocenters. The van der Waals surface area contributed by atoms with Crippen LogP contribution in [0, 0.1) is 5.41 Å². The molecule has 0 aliphatic carbocycles. The van der Waals surface area contributed by atoms with Crippen molar-refractivity contribution in [1.29, 1.82) is 5.41 Å². The third kappa shape index (κ3) is 3.56. The molecule has 0 bridgehead atoms. The molecule has 0 fully saturated rings. The number of hydrogen-bond acceptors (Lipinski definition) is 3. The van der Waals surface area contributed by atoms with Crippen molar-refractivity contribution in [3.63, 3.8) is 0 Å². The van der Waals surface area contributed by atoms with Crippen molar-refractivity contribution < 1.29 is 4.74 Å². The fraction of sp³-hybridized carbons (Fsp3) is 0.455. The maximum Gasteiger partial charge on any atom is 0.214 e. The first kappa shape index (κ1) is 10.7. The highest BCUT2D eigenvalue weighted by Crippen LogP contribution is 2.01. The summed E-state index contributed by atoms with van der Waals surface area (Å²) in [6.45, 7) is 2.77. The molecule has 1 aromatic heterocycles. The Morgan fingerprint density at radius 3 is 3.00 bits per heavy atom. The first-order chi connectivity index (χ1) is 6.84. The Bertz CT molecular complexity index is 272. The summed E-state index contributed by atoms with van der Waals surface area (Å²) in [4.78, 5) is 3.93. The molecule has 0 saturated heterocycles. The molecule has 3 nitrogen and oxygen atoms in total. The zero-order valence-corrected chi connectivity index (χ0v) is 8.49. The zero-order valence-electron chi connectivity index (χ0n) is 8.49. The third-order valence-electron chi connectivity index (χ3n) is 1.92. The summed E-state index contributed by atoms with van der Waals surface area (Å²) in [5.41, 5.74) is 0.740. The van der Waals surface area contributed by atoms with E-state index in [1.807, 2.05) is 6.07 Å². The van der Waals surface area contributed by atoms with Gasteiger partial charge in [0.2, 0.25) is 5.90 Å². The van der Waals surface area contributed by atoms with E-state index in [9.17, 15) is 0 Å². The Morgan fingerprint density at radius 1 is 1.50 bits per heavy atom. The highest BCUT2D eigenvalue weighted by atomic mass is 16.5. The molecule has 1 aromatic rings. The molecule has 1 heterocycles. The van der Waals surface area contributed by atoms with Crippen molar-refractivity contribution in [2.24, 2.45) is 0 Å². The number of pyridine rings is 1. The molecule has 0 amide bonds. The van der Waals surface area contributed by atoms with E-state index in [1.54, 1.807) is 18.5 Å². The fourth-order valence-electron chi connectivity index (χ4n) is 1.11. The summed E-state index contributed by atoms with van der Waals surface area (Å²) >= 11 is 0. The summed E-state index contributed by atoms with van der Waals surface area (Å²) in [6, 6.07) is 3.63. The van der Waals surface area contributed by atoms with Gasteiger partial charge >= 0.3 is 0 Å². The van der Waals surface area contributed by atoms with Crippen LogP contribution in [0.1, 0.15) is 31.7 Å². The molecular weight excluding hydrogens is 176 g/mol. The average Bonchev–Trinajstić information content (AvgIpc) is 2.25. The second-order valence-corrected chi connectivity index (χ2v) is 3.13. The zero-order chi connectivity index (χ0) is 10.2. The van der Waals surface area contributed by atoms with E-state index in [-0.39, 0.29) is 5.90 Å². The second kappa shape index (κ2) is 6.13. The summed E-state index contributed by atoms with van der Waals surface area (Å²) in [7, 11) is 0. The molecular formula is C11H16N2O. The Morgan fingerprint density at radius 2 is 2.36 bits per heavy atom. The van der Waals surface area contributed by atoms with Gasteiger partial charge in [0.15, 0.2) is 0 Å². The molecule has 0 spiro atoms. The molecule has 0 radical (unpaired) electrons. The van der Waals surface area contributed by atoms with Crippen LogP contribution in [0.3, 0.4) is 0 Å². The molecule has 0 aliphatic heterocycles. The molecule has 3 heteroatoms. The maximum absolute atomic E-state index is 7.60. The Balaban J connectivity index is 2.29. The number of rotatable bonds is 5. The minimum absolute atomic E-state index is 0.217. The number of hydrogen-bond donors (Lipinski definition) is 1. The van der Waals surface area contributed by atoms with Gasteiger partial charge < -0.3 is 4.74 Å². The molecule has 76 valence electrons. The number of nitrogens with one attached hydrogen (secondary N) is 1. The van der Waals surface area contributed by atoms with Crippen molar-refractivity contribution in [3.8, 4) is 0 Å². The van der Waals surface area contributed by atoms with Crippen molar-refractivity contribution in [1.82, 2.24) is 4.98 Å². The number of unbranched alkanes of at least 4 members (excludes halogenated alkanes) is 2. The van der Waals surface area contributed by atoms with Crippen LogP contribution in [-0.4, -0.2) is 17.5 Å². The topological polar surface area (TPSA) is 46.0 Å². The predicted octanol–water partition coefficient (Wildman–Crippen LogP) is 2.61. The van der Waals surface area contributed by atoms with Crippen LogP contribution in [0.4, 0.5) is 0 Å². The van der Waals surface area contributed by atoms with Gasteiger partial charge in [0, 0.05) is 12.4 Å². The average molecular weight is 192 g/mol. The largest absolute Gasteiger partial charge is 0.478 e. The summed E-state index contributed by atoms with van der Waals surface area (Å²) in [5.74, 6) is 0.217. The number of ether oxygens (including phenoxy) is 1.